The minimum atomic E-state index is -0.607. The molecule has 0 fully saturated rings. The summed E-state index contributed by atoms with van der Waals surface area (Å²) in [5, 5.41) is 13.1. The van der Waals surface area contributed by atoms with Crippen molar-refractivity contribution in [2.75, 3.05) is 20.8 Å². The lowest BCUT2D eigenvalue weighted by Crippen LogP contribution is -2.41. The number of nitrogens with zero attached hydrogens (tertiary/aromatic N) is 3. The molecule has 1 N–H and O–H groups in total. The Morgan fingerprint density at radius 3 is 2.42 bits per heavy atom. The van der Waals surface area contributed by atoms with E-state index < -0.39 is 11.7 Å². The van der Waals surface area contributed by atoms with Gasteiger partial charge in [-0.15, -0.1) is 0 Å². The van der Waals surface area contributed by atoms with Crippen molar-refractivity contribution in [3.05, 3.63) is 53.5 Å². The molecule has 0 bridgehead atoms. The molecule has 10 heteroatoms. The van der Waals surface area contributed by atoms with Crippen molar-refractivity contribution in [3.63, 3.8) is 0 Å². The van der Waals surface area contributed by atoms with Gasteiger partial charge in [0.2, 0.25) is 0 Å². The van der Waals surface area contributed by atoms with Crippen LogP contribution in [0.5, 0.6) is 17.2 Å². The highest BCUT2D eigenvalue weighted by atomic mass is 16.6. The second-order valence-corrected chi connectivity index (χ2v) is 9.56. The molecule has 0 aliphatic carbocycles. The summed E-state index contributed by atoms with van der Waals surface area (Å²) in [6, 6.07) is 6.83. The van der Waals surface area contributed by atoms with E-state index in [0.29, 0.717) is 45.7 Å². The number of amides is 1. The first-order chi connectivity index (χ1) is 18.1. The number of hydrogen-bond donors (Lipinski definition) is 1. The molecule has 0 aliphatic heterocycles. The number of carbonyl (C=O) groups is 2. The maximum absolute atomic E-state index is 13.3. The molecule has 3 aromatic rings. The Bertz CT molecular complexity index is 1360. The first-order valence-corrected chi connectivity index (χ1v) is 12.1. The summed E-state index contributed by atoms with van der Waals surface area (Å²) in [5.41, 5.74) is 1.11. The minimum Gasteiger partial charge on any atom is -0.493 e. The van der Waals surface area contributed by atoms with Crippen LogP contribution in [0.1, 0.15) is 55.6 Å². The van der Waals surface area contributed by atoms with E-state index in [2.05, 4.69) is 21.4 Å². The number of ether oxygens (including phenoxy) is 4. The monoisotopic (exact) mass is 520 g/mol. The second-order valence-electron chi connectivity index (χ2n) is 9.56. The molecule has 2 aromatic heterocycles. The molecule has 1 amide bonds. The highest BCUT2D eigenvalue weighted by molar-refractivity contribution is 6.00. The molecule has 2 heterocycles. The van der Waals surface area contributed by atoms with Crippen LogP contribution in [-0.4, -0.2) is 54.3 Å². The number of methoxy groups -OCH3 is 2. The molecule has 200 valence electrons. The molecule has 0 aliphatic rings. The standard InChI is InChI=1S/C28H32N4O6/c1-7-19(32-27(34)38-28(2,3)4)16-37-20-8-17(13-30-15-20)24(33)9-21-18(12-29)14-31-23-11-26(36-6)25(35-5)10-22(21)23/h8,10-11,13-15,19H,7,9,16H2,1-6H3,(H,32,34)/t19-/m0/s1. The van der Waals surface area contributed by atoms with Crippen molar-refractivity contribution in [3.8, 4) is 23.3 Å². The number of pyridine rings is 2. The van der Waals surface area contributed by atoms with Gasteiger partial charge in [-0.3, -0.25) is 14.8 Å². The highest BCUT2D eigenvalue weighted by Crippen LogP contribution is 2.34. The number of alkyl carbamates (subject to hydrolysis) is 1. The molecule has 10 nitrogen and oxygen atoms in total. The quantitative estimate of drug-likeness (QED) is 0.380. The van der Waals surface area contributed by atoms with Crippen molar-refractivity contribution in [2.24, 2.45) is 0 Å². The molecule has 0 spiro atoms. The molecule has 38 heavy (non-hydrogen) atoms. The summed E-state index contributed by atoms with van der Waals surface area (Å²) >= 11 is 0. The van der Waals surface area contributed by atoms with E-state index in [1.807, 2.05) is 6.92 Å². The van der Waals surface area contributed by atoms with E-state index in [9.17, 15) is 14.9 Å². The third-order valence-electron chi connectivity index (χ3n) is 5.64. The lowest BCUT2D eigenvalue weighted by molar-refractivity contribution is 0.0486. The lowest BCUT2D eigenvalue weighted by atomic mass is 9.96. The number of nitrogens with one attached hydrogen (secondary N) is 1. The SMILES string of the molecule is CC[C@@H](COc1cncc(C(=O)Cc2c(C#N)cnc3cc(OC)c(OC)cc23)c1)NC(=O)OC(C)(C)C. The van der Waals surface area contributed by atoms with E-state index in [0.717, 1.165) is 0 Å². The smallest absolute Gasteiger partial charge is 0.407 e. The molecular weight excluding hydrogens is 488 g/mol. The van der Waals surface area contributed by atoms with Crippen LogP contribution in [-0.2, 0) is 11.2 Å². The van der Waals surface area contributed by atoms with Crippen molar-refractivity contribution in [1.82, 2.24) is 15.3 Å². The van der Waals surface area contributed by atoms with E-state index in [4.69, 9.17) is 18.9 Å². The fraction of sp³-hybridized carbons (Fsp3) is 0.393. The van der Waals surface area contributed by atoms with Gasteiger partial charge in [-0.2, -0.15) is 5.26 Å². The number of benzene rings is 1. The number of ketones is 1. The van der Waals surface area contributed by atoms with Crippen LogP contribution in [0.2, 0.25) is 0 Å². The number of Topliss-reactive ketones (excluding diaryl/α,β-unsaturated/α-hetero) is 1. The molecule has 1 aromatic carbocycles. The maximum atomic E-state index is 13.3. The first kappa shape index (κ1) is 28.2. The van der Waals surface area contributed by atoms with E-state index in [1.54, 1.807) is 39.0 Å². The van der Waals surface area contributed by atoms with Crippen molar-refractivity contribution in [1.29, 1.82) is 5.26 Å². The van der Waals surface area contributed by atoms with Gasteiger partial charge in [-0.05, 0) is 44.9 Å². The number of carbonyl (C=O) groups excluding carboxylic acids is 2. The Morgan fingerprint density at radius 1 is 1.08 bits per heavy atom. The topological polar surface area (TPSA) is 133 Å². The maximum Gasteiger partial charge on any atom is 0.407 e. The van der Waals surface area contributed by atoms with Gasteiger partial charge in [0.05, 0.1) is 37.5 Å². The van der Waals surface area contributed by atoms with E-state index in [1.165, 1.54) is 32.8 Å². The fourth-order valence-corrected chi connectivity index (χ4v) is 3.71. The Hall–Kier alpha value is -4.39. The van der Waals surface area contributed by atoms with Gasteiger partial charge in [0.25, 0.3) is 0 Å². The Morgan fingerprint density at radius 2 is 1.79 bits per heavy atom. The fourth-order valence-electron chi connectivity index (χ4n) is 3.71. The van der Waals surface area contributed by atoms with E-state index in [-0.39, 0.29) is 30.4 Å². The molecular formula is C28H32N4O6. The molecule has 0 unspecified atom stereocenters. The Balaban J connectivity index is 1.79. The average Bonchev–Trinajstić information content (AvgIpc) is 2.89. The zero-order valence-corrected chi connectivity index (χ0v) is 22.5. The van der Waals surface area contributed by atoms with Gasteiger partial charge in [0.1, 0.15) is 24.0 Å². The summed E-state index contributed by atoms with van der Waals surface area (Å²) in [7, 11) is 3.04. The van der Waals surface area contributed by atoms with Crippen LogP contribution in [0.15, 0.2) is 36.8 Å². The third kappa shape index (κ3) is 7.09. The van der Waals surface area contributed by atoms with Crippen LogP contribution in [0.3, 0.4) is 0 Å². The van der Waals surface area contributed by atoms with Gasteiger partial charge >= 0.3 is 6.09 Å². The van der Waals surface area contributed by atoms with Crippen molar-refractivity contribution >= 4 is 22.8 Å². The van der Waals surface area contributed by atoms with Crippen LogP contribution in [0.25, 0.3) is 10.9 Å². The number of fused-ring (bicyclic) bond motifs is 1. The van der Waals surface area contributed by atoms with Crippen LogP contribution < -0.4 is 19.5 Å². The summed E-state index contributed by atoms with van der Waals surface area (Å²) in [6.45, 7) is 7.46. The second kappa shape index (κ2) is 12.2. The lowest BCUT2D eigenvalue weighted by Gasteiger charge is -2.23. The zero-order chi connectivity index (χ0) is 27.9. The first-order valence-electron chi connectivity index (χ1n) is 12.1. The Labute approximate surface area is 221 Å². The van der Waals surface area contributed by atoms with Gasteiger partial charge in [-0.1, -0.05) is 6.92 Å². The minimum absolute atomic E-state index is 0.0552. The van der Waals surface area contributed by atoms with E-state index >= 15 is 0 Å². The normalized spacial score (nSPS) is 11.8. The molecule has 1 atom stereocenters. The van der Waals surface area contributed by atoms with Gasteiger partial charge < -0.3 is 24.3 Å². The van der Waals surface area contributed by atoms with Crippen molar-refractivity contribution in [2.45, 2.75) is 52.2 Å². The van der Waals surface area contributed by atoms with Gasteiger partial charge in [0, 0.05) is 35.8 Å². The third-order valence-corrected chi connectivity index (χ3v) is 5.64. The molecule has 0 saturated carbocycles. The number of aromatic nitrogens is 2. The number of rotatable bonds is 10. The number of hydrogen-bond acceptors (Lipinski definition) is 9. The number of nitriles is 1. The summed E-state index contributed by atoms with van der Waals surface area (Å²) in [5.74, 6) is 1.09. The Kier molecular flexibility index (Phi) is 9.07. The predicted octanol–water partition coefficient (Wildman–Crippen LogP) is 4.63. The van der Waals surface area contributed by atoms with Gasteiger partial charge in [-0.25, -0.2) is 4.79 Å². The highest BCUT2D eigenvalue weighted by Gasteiger charge is 2.20. The molecule has 0 radical (unpaired) electrons. The van der Waals surface area contributed by atoms with Crippen LogP contribution in [0, 0.1) is 11.3 Å². The van der Waals surface area contributed by atoms with Gasteiger partial charge in [0.15, 0.2) is 17.3 Å². The predicted molar refractivity (Wildman–Crippen MR) is 141 cm³/mol. The summed E-state index contributed by atoms with van der Waals surface area (Å²) in [6.07, 6.45) is 4.42. The summed E-state index contributed by atoms with van der Waals surface area (Å²) in [4.78, 5) is 33.8. The zero-order valence-electron chi connectivity index (χ0n) is 22.5. The van der Waals surface area contributed by atoms with Crippen LogP contribution >= 0.6 is 0 Å². The average molecular weight is 521 g/mol. The largest absolute Gasteiger partial charge is 0.493 e. The molecule has 0 saturated heterocycles. The molecule has 3 rings (SSSR count). The van der Waals surface area contributed by atoms with Crippen molar-refractivity contribution < 1.29 is 28.5 Å². The summed E-state index contributed by atoms with van der Waals surface area (Å²) < 4.78 is 21.9. The van der Waals surface area contributed by atoms with Crippen LogP contribution in [0.4, 0.5) is 4.79 Å².